The zero-order valence-electron chi connectivity index (χ0n) is 10.7. The number of imidazole rings is 1. The molecule has 0 radical (unpaired) electrons. The Balaban J connectivity index is 2.22. The molecule has 3 rings (SSSR count). The molecule has 2 aromatic heterocycles. The van der Waals surface area contributed by atoms with Gasteiger partial charge >= 0.3 is 0 Å². The molecule has 0 atom stereocenters. The summed E-state index contributed by atoms with van der Waals surface area (Å²) in [6.07, 6.45) is 1.81. The lowest BCUT2D eigenvalue weighted by Gasteiger charge is -2.00. The van der Waals surface area contributed by atoms with E-state index in [0.717, 1.165) is 27.9 Å². The van der Waals surface area contributed by atoms with Crippen LogP contribution in [0.2, 0.25) is 0 Å². The van der Waals surface area contributed by atoms with Crippen LogP contribution in [0.5, 0.6) is 0 Å². The van der Waals surface area contributed by atoms with Gasteiger partial charge in [0.1, 0.15) is 5.82 Å². The van der Waals surface area contributed by atoms with Crippen LogP contribution in [0.4, 0.5) is 5.82 Å². The van der Waals surface area contributed by atoms with Crippen LogP contribution in [0, 0.1) is 6.92 Å². The molecule has 0 saturated carbocycles. The van der Waals surface area contributed by atoms with E-state index in [0.29, 0.717) is 5.82 Å². The summed E-state index contributed by atoms with van der Waals surface area (Å²) in [5.74, 6) is 0.700. The molecule has 2 N–H and O–H groups in total. The first-order valence-electron chi connectivity index (χ1n) is 5.78. The monoisotopic (exact) mass is 241 g/mol. The molecule has 3 aromatic rings. The molecule has 92 valence electrons. The number of benzene rings is 1. The SMILES string of the molecule is Cc1c(-c2ccc3c(c2)ncn3C)nn(C)c1N. The first kappa shape index (κ1) is 10.8. The number of rotatable bonds is 1. The van der Waals surface area contributed by atoms with Gasteiger partial charge in [0.2, 0.25) is 0 Å². The average Bonchev–Trinajstić information content (AvgIpc) is 2.85. The van der Waals surface area contributed by atoms with Crippen LogP contribution in [0.1, 0.15) is 5.56 Å². The Bertz CT molecular complexity index is 735. The molecule has 5 nitrogen and oxygen atoms in total. The third-order valence-corrected chi connectivity index (χ3v) is 3.34. The smallest absolute Gasteiger partial charge is 0.124 e. The van der Waals surface area contributed by atoms with Crippen LogP contribution in [-0.4, -0.2) is 19.3 Å². The normalized spacial score (nSPS) is 11.3. The van der Waals surface area contributed by atoms with Crippen LogP contribution >= 0.6 is 0 Å². The predicted molar refractivity (Wildman–Crippen MR) is 72.1 cm³/mol. The number of nitrogens with two attached hydrogens (primary N) is 1. The molecule has 0 aliphatic rings. The molecule has 0 aliphatic heterocycles. The molecular formula is C13H15N5. The van der Waals surface area contributed by atoms with E-state index in [4.69, 9.17) is 5.73 Å². The number of anilines is 1. The Morgan fingerprint density at radius 1 is 1.22 bits per heavy atom. The first-order valence-corrected chi connectivity index (χ1v) is 5.78. The van der Waals surface area contributed by atoms with E-state index in [9.17, 15) is 0 Å². The van der Waals surface area contributed by atoms with E-state index in [1.54, 1.807) is 4.68 Å². The molecule has 1 aromatic carbocycles. The van der Waals surface area contributed by atoms with Crippen molar-refractivity contribution in [2.45, 2.75) is 6.92 Å². The molecule has 5 heteroatoms. The first-order chi connectivity index (χ1) is 8.58. The van der Waals surface area contributed by atoms with Gasteiger partial charge in [-0.25, -0.2) is 4.98 Å². The van der Waals surface area contributed by atoms with E-state index in [2.05, 4.69) is 22.2 Å². The van der Waals surface area contributed by atoms with Crippen LogP contribution in [0.25, 0.3) is 22.3 Å². The Kier molecular flexibility index (Phi) is 2.16. The summed E-state index contributed by atoms with van der Waals surface area (Å²) in [5.41, 5.74) is 11.0. The minimum absolute atomic E-state index is 0.700. The highest BCUT2D eigenvalue weighted by Crippen LogP contribution is 2.27. The number of aromatic nitrogens is 4. The minimum Gasteiger partial charge on any atom is -0.384 e. The van der Waals surface area contributed by atoms with Crippen LogP contribution in [-0.2, 0) is 14.1 Å². The Morgan fingerprint density at radius 2 is 2.00 bits per heavy atom. The summed E-state index contributed by atoms with van der Waals surface area (Å²) < 4.78 is 3.70. The Morgan fingerprint density at radius 3 is 2.67 bits per heavy atom. The average molecular weight is 241 g/mol. The van der Waals surface area contributed by atoms with Gasteiger partial charge in [-0.3, -0.25) is 4.68 Å². The third-order valence-electron chi connectivity index (χ3n) is 3.34. The number of hydrogen-bond donors (Lipinski definition) is 1. The zero-order valence-corrected chi connectivity index (χ0v) is 10.7. The van der Waals surface area contributed by atoms with Gasteiger partial charge in [0.05, 0.1) is 23.1 Å². The predicted octanol–water partition coefficient (Wildman–Crippen LogP) is 1.86. The quantitative estimate of drug-likeness (QED) is 0.707. The van der Waals surface area contributed by atoms with Gasteiger partial charge in [0.25, 0.3) is 0 Å². The molecule has 2 heterocycles. The molecule has 0 bridgehead atoms. The van der Waals surface area contributed by atoms with Crippen LogP contribution in [0.3, 0.4) is 0 Å². The number of hydrogen-bond acceptors (Lipinski definition) is 3. The molecule has 0 unspecified atom stereocenters. The van der Waals surface area contributed by atoms with E-state index < -0.39 is 0 Å². The Labute approximate surface area is 105 Å². The van der Waals surface area contributed by atoms with E-state index in [-0.39, 0.29) is 0 Å². The highest BCUT2D eigenvalue weighted by atomic mass is 15.3. The minimum atomic E-state index is 0.700. The topological polar surface area (TPSA) is 61.7 Å². The second kappa shape index (κ2) is 3.60. The molecule has 0 spiro atoms. The van der Waals surface area contributed by atoms with Gasteiger partial charge in [-0.05, 0) is 19.1 Å². The van der Waals surface area contributed by atoms with Gasteiger partial charge in [-0.1, -0.05) is 6.07 Å². The lowest BCUT2D eigenvalue weighted by atomic mass is 10.1. The summed E-state index contributed by atoms with van der Waals surface area (Å²) in [7, 11) is 3.84. The van der Waals surface area contributed by atoms with E-state index in [1.165, 1.54) is 0 Å². The highest BCUT2D eigenvalue weighted by Gasteiger charge is 2.12. The second-order valence-corrected chi connectivity index (χ2v) is 4.54. The molecule has 0 amide bonds. The van der Waals surface area contributed by atoms with Crippen molar-refractivity contribution in [1.29, 1.82) is 0 Å². The number of fused-ring (bicyclic) bond motifs is 1. The summed E-state index contributed by atoms with van der Waals surface area (Å²) in [5, 5.41) is 4.45. The van der Waals surface area contributed by atoms with E-state index in [1.807, 2.05) is 38.0 Å². The maximum atomic E-state index is 5.94. The second-order valence-electron chi connectivity index (χ2n) is 4.54. The molecule has 0 aliphatic carbocycles. The van der Waals surface area contributed by atoms with Crippen molar-refractivity contribution in [2.24, 2.45) is 14.1 Å². The van der Waals surface area contributed by atoms with Gasteiger partial charge in [0, 0.05) is 25.2 Å². The van der Waals surface area contributed by atoms with Gasteiger partial charge in [0.15, 0.2) is 0 Å². The van der Waals surface area contributed by atoms with Crippen molar-refractivity contribution in [2.75, 3.05) is 5.73 Å². The number of nitrogens with zero attached hydrogens (tertiary/aromatic N) is 4. The summed E-state index contributed by atoms with van der Waals surface area (Å²) >= 11 is 0. The number of nitrogen functional groups attached to an aromatic ring is 1. The van der Waals surface area contributed by atoms with Crippen LogP contribution < -0.4 is 5.73 Å². The largest absolute Gasteiger partial charge is 0.384 e. The standard InChI is InChI=1S/C13H15N5/c1-8-12(16-18(3)13(8)14)9-4-5-11-10(6-9)15-7-17(11)2/h4-7H,14H2,1-3H3. The highest BCUT2D eigenvalue weighted by molar-refractivity contribution is 5.82. The summed E-state index contributed by atoms with van der Waals surface area (Å²) in [4.78, 5) is 4.36. The fourth-order valence-corrected chi connectivity index (χ4v) is 2.20. The lowest BCUT2D eigenvalue weighted by Crippen LogP contribution is -1.97. The van der Waals surface area contributed by atoms with Crippen LogP contribution in [0.15, 0.2) is 24.5 Å². The van der Waals surface area contributed by atoms with Gasteiger partial charge < -0.3 is 10.3 Å². The van der Waals surface area contributed by atoms with Crippen molar-refractivity contribution < 1.29 is 0 Å². The fourth-order valence-electron chi connectivity index (χ4n) is 2.20. The molecular weight excluding hydrogens is 226 g/mol. The molecule has 0 fully saturated rings. The third kappa shape index (κ3) is 1.40. The van der Waals surface area contributed by atoms with Gasteiger partial charge in [-0.15, -0.1) is 0 Å². The van der Waals surface area contributed by atoms with Crippen molar-refractivity contribution in [1.82, 2.24) is 19.3 Å². The maximum absolute atomic E-state index is 5.94. The van der Waals surface area contributed by atoms with Crippen molar-refractivity contribution in [3.05, 3.63) is 30.1 Å². The zero-order chi connectivity index (χ0) is 12.9. The Hall–Kier alpha value is -2.30. The molecule has 0 saturated heterocycles. The number of aryl methyl sites for hydroxylation is 2. The summed E-state index contributed by atoms with van der Waals surface area (Å²) in [6.45, 7) is 1.99. The lowest BCUT2D eigenvalue weighted by molar-refractivity contribution is 0.782. The maximum Gasteiger partial charge on any atom is 0.124 e. The van der Waals surface area contributed by atoms with E-state index >= 15 is 0 Å². The van der Waals surface area contributed by atoms with Crippen molar-refractivity contribution in [3.63, 3.8) is 0 Å². The van der Waals surface area contributed by atoms with Crippen molar-refractivity contribution >= 4 is 16.9 Å². The molecule has 18 heavy (non-hydrogen) atoms. The summed E-state index contributed by atoms with van der Waals surface area (Å²) in [6, 6.07) is 6.16. The van der Waals surface area contributed by atoms with Crippen molar-refractivity contribution in [3.8, 4) is 11.3 Å². The van der Waals surface area contributed by atoms with Gasteiger partial charge in [-0.2, -0.15) is 5.10 Å². The fraction of sp³-hybridized carbons (Fsp3) is 0.231.